The Kier molecular flexibility index (Phi) is 6.12. The van der Waals surface area contributed by atoms with Crippen LogP contribution in [0.15, 0.2) is 43.0 Å². The Bertz CT molecular complexity index is 1470. The number of pyridine rings is 3. The van der Waals surface area contributed by atoms with Crippen LogP contribution in [0.1, 0.15) is 44.6 Å². The maximum atomic E-state index is 14.3. The summed E-state index contributed by atoms with van der Waals surface area (Å²) in [4.78, 5) is 22.8. The molecule has 2 aliphatic rings. The Hall–Kier alpha value is -3.43. The summed E-state index contributed by atoms with van der Waals surface area (Å²) in [7, 11) is 0. The third-order valence-corrected chi connectivity index (χ3v) is 7.38. The molecule has 1 unspecified atom stereocenters. The molecule has 3 N–H and O–H groups in total. The topological polar surface area (TPSA) is 101 Å². The second kappa shape index (κ2) is 9.46. The van der Waals surface area contributed by atoms with E-state index in [4.69, 9.17) is 21.6 Å². The number of aromatic nitrogens is 5. The van der Waals surface area contributed by atoms with E-state index in [9.17, 15) is 4.39 Å². The van der Waals surface area contributed by atoms with Gasteiger partial charge in [0.25, 0.3) is 0 Å². The fourth-order valence-electron chi connectivity index (χ4n) is 4.92. The van der Waals surface area contributed by atoms with Gasteiger partial charge in [0.2, 0.25) is 0 Å². The number of hydrogen-bond acceptors (Lipinski definition) is 8. The van der Waals surface area contributed by atoms with Crippen LogP contribution in [-0.4, -0.2) is 44.1 Å². The first-order valence-electron chi connectivity index (χ1n) is 12.5. The van der Waals surface area contributed by atoms with Gasteiger partial charge in [-0.05, 0) is 60.9 Å². The quantitative estimate of drug-likeness (QED) is 0.299. The number of nitrogens with zero attached hydrogens (tertiary/aromatic N) is 5. The zero-order chi connectivity index (χ0) is 25.6. The van der Waals surface area contributed by atoms with Crippen molar-refractivity contribution in [2.75, 3.05) is 23.7 Å². The van der Waals surface area contributed by atoms with Crippen LogP contribution in [0.25, 0.3) is 22.3 Å². The molecule has 1 aliphatic heterocycles. The van der Waals surface area contributed by atoms with Crippen molar-refractivity contribution in [3.63, 3.8) is 0 Å². The third kappa shape index (κ3) is 4.93. The third-order valence-electron chi connectivity index (χ3n) is 7.17. The van der Waals surface area contributed by atoms with Gasteiger partial charge in [0.15, 0.2) is 17.5 Å². The minimum atomic E-state index is -0.559. The van der Waals surface area contributed by atoms with E-state index in [2.05, 4.69) is 44.7 Å². The molecule has 4 aromatic heterocycles. The highest BCUT2D eigenvalue weighted by Crippen LogP contribution is 2.44. The molecule has 0 radical (unpaired) electrons. The molecule has 0 bridgehead atoms. The van der Waals surface area contributed by atoms with Gasteiger partial charge in [0.05, 0.1) is 16.7 Å². The van der Waals surface area contributed by atoms with Crippen molar-refractivity contribution in [2.45, 2.75) is 45.1 Å². The summed E-state index contributed by atoms with van der Waals surface area (Å²) in [5.41, 5.74) is 2.82. The monoisotopic (exact) mass is 518 g/mol. The fraction of sp³-hybridized carbons (Fsp3) is 0.370. The Morgan fingerprint density at radius 3 is 2.70 bits per heavy atom. The minimum Gasteiger partial charge on any atom is -0.366 e. The van der Waals surface area contributed by atoms with Gasteiger partial charge in [0.1, 0.15) is 11.6 Å². The summed E-state index contributed by atoms with van der Waals surface area (Å²) in [5.74, 6) is 1.80. The van der Waals surface area contributed by atoms with Crippen molar-refractivity contribution in [1.29, 1.82) is 0 Å². The molecule has 6 rings (SSSR count). The Morgan fingerprint density at radius 2 is 1.92 bits per heavy atom. The zero-order valence-electron chi connectivity index (χ0n) is 20.7. The van der Waals surface area contributed by atoms with Crippen LogP contribution in [0.4, 0.5) is 21.8 Å². The Balaban J connectivity index is 1.41. The molecule has 4 aromatic rings. The summed E-state index contributed by atoms with van der Waals surface area (Å²) in [6, 6.07) is 5.09. The number of piperidine rings is 1. The van der Waals surface area contributed by atoms with Crippen molar-refractivity contribution in [3.8, 4) is 11.4 Å². The number of halogens is 2. The van der Waals surface area contributed by atoms with E-state index in [0.717, 1.165) is 54.6 Å². The summed E-state index contributed by atoms with van der Waals surface area (Å²) >= 11 is 5.83. The number of fused-ring (bicyclic) bond motifs is 1. The Morgan fingerprint density at radius 1 is 1.05 bits per heavy atom. The summed E-state index contributed by atoms with van der Waals surface area (Å²) < 4.78 is 14.3. The van der Waals surface area contributed by atoms with E-state index in [-0.39, 0.29) is 22.3 Å². The number of nitrogens with one attached hydrogen (secondary N) is 3. The zero-order valence-corrected chi connectivity index (χ0v) is 21.5. The van der Waals surface area contributed by atoms with Crippen LogP contribution in [0, 0.1) is 11.2 Å². The predicted molar refractivity (Wildman–Crippen MR) is 144 cm³/mol. The van der Waals surface area contributed by atoms with E-state index in [1.54, 1.807) is 18.5 Å². The molecule has 1 saturated carbocycles. The van der Waals surface area contributed by atoms with Gasteiger partial charge < -0.3 is 16.0 Å². The molecule has 1 atom stereocenters. The second-order valence-electron chi connectivity index (χ2n) is 10.5. The fourth-order valence-corrected chi connectivity index (χ4v) is 5.06. The molecule has 1 aliphatic carbocycles. The average Bonchev–Trinajstić information content (AvgIpc) is 3.72. The van der Waals surface area contributed by atoms with Crippen LogP contribution in [-0.2, 0) is 0 Å². The molecule has 0 aromatic carbocycles. The van der Waals surface area contributed by atoms with Crippen molar-refractivity contribution in [2.24, 2.45) is 5.41 Å². The van der Waals surface area contributed by atoms with Gasteiger partial charge in [0, 0.05) is 42.1 Å². The van der Waals surface area contributed by atoms with E-state index in [0.29, 0.717) is 17.6 Å². The maximum Gasteiger partial charge on any atom is 0.167 e. The minimum absolute atomic E-state index is 0.0438. The van der Waals surface area contributed by atoms with Gasteiger partial charge in [-0.25, -0.2) is 24.3 Å². The molecule has 190 valence electrons. The van der Waals surface area contributed by atoms with Crippen molar-refractivity contribution < 1.29 is 4.39 Å². The predicted octanol–water partition coefficient (Wildman–Crippen LogP) is 5.70. The highest BCUT2D eigenvalue weighted by molar-refractivity contribution is 6.30. The maximum absolute atomic E-state index is 14.3. The lowest BCUT2D eigenvalue weighted by atomic mass is 9.80. The Labute approximate surface area is 219 Å². The average molecular weight is 519 g/mol. The van der Waals surface area contributed by atoms with Gasteiger partial charge in [-0.15, -0.1) is 0 Å². The summed E-state index contributed by atoms with van der Waals surface area (Å²) in [6.45, 7) is 6.44. The van der Waals surface area contributed by atoms with Gasteiger partial charge in [-0.1, -0.05) is 25.4 Å². The molecule has 1 saturated heterocycles. The lowest BCUT2D eigenvalue weighted by Crippen LogP contribution is -2.49. The lowest BCUT2D eigenvalue weighted by molar-refractivity contribution is 0.236. The highest BCUT2D eigenvalue weighted by atomic mass is 35.5. The summed E-state index contributed by atoms with van der Waals surface area (Å²) in [5, 5.41) is 11.5. The van der Waals surface area contributed by atoms with E-state index >= 15 is 0 Å². The molecule has 0 spiro atoms. The molecular weight excluding hydrogens is 491 g/mol. The lowest BCUT2D eigenvalue weighted by Gasteiger charge is -2.40. The molecule has 2 fully saturated rings. The largest absolute Gasteiger partial charge is 0.366 e. The van der Waals surface area contributed by atoms with Gasteiger partial charge in [-0.3, -0.25) is 4.98 Å². The molecular formula is C27H28ClFN8. The van der Waals surface area contributed by atoms with Gasteiger partial charge >= 0.3 is 0 Å². The number of hydrogen-bond donors (Lipinski definition) is 3. The second-order valence-corrected chi connectivity index (χ2v) is 10.9. The smallest absolute Gasteiger partial charge is 0.167 e. The van der Waals surface area contributed by atoms with Crippen molar-refractivity contribution >= 4 is 40.0 Å². The van der Waals surface area contributed by atoms with E-state index < -0.39 is 5.82 Å². The highest BCUT2D eigenvalue weighted by Gasteiger charge is 2.34. The standard InChI is InChI=1S/C27H28ClFN8/c1-27(2)14-30-7-6-21(27)35-26-23-18(15-3-4-15)12-31-13-20(23)34-24(37-26)16-5-8-32-22(9-16)36-25-19(29)10-17(28)11-33-25/h5,8-13,15,21,30H,3-4,6-7,14H2,1-2H3,(H,32,33,36)(H,34,35,37). The van der Waals surface area contributed by atoms with Crippen LogP contribution in [0.2, 0.25) is 5.02 Å². The first-order valence-corrected chi connectivity index (χ1v) is 12.9. The molecule has 8 nitrogen and oxygen atoms in total. The van der Waals surface area contributed by atoms with Crippen LogP contribution in [0.3, 0.4) is 0 Å². The van der Waals surface area contributed by atoms with Crippen LogP contribution in [0.5, 0.6) is 0 Å². The number of rotatable bonds is 6. The molecule has 0 amide bonds. The SMILES string of the molecule is CC1(C)CNCCC1Nc1nc(-c2ccnc(Nc3ncc(Cl)cc3F)c2)nc2cncc(C3CC3)c12. The van der Waals surface area contributed by atoms with Crippen LogP contribution >= 0.6 is 11.6 Å². The first-order chi connectivity index (χ1) is 17.9. The van der Waals surface area contributed by atoms with E-state index in [1.807, 2.05) is 12.3 Å². The van der Waals surface area contributed by atoms with Crippen molar-refractivity contribution in [3.05, 3.63) is 59.4 Å². The summed E-state index contributed by atoms with van der Waals surface area (Å²) in [6.07, 6.45) is 10.1. The molecule has 5 heterocycles. The normalized spacial score (nSPS) is 19.1. The first kappa shape index (κ1) is 23.9. The van der Waals surface area contributed by atoms with E-state index in [1.165, 1.54) is 17.8 Å². The number of anilines is 3. The molecule has 10 heteroatoms. The van der Waals surface area contributed by atoms with Crippen LogP contribution < -0.4 is 16.0 Å². The van der Waals surface area contributed by atoms with Gasteiger partial charge in [-0.2, -0.15) is 0 Å². The van der Waals surface area contributed by atoms with Crippen molar-refractivity contribution in [1.82, 2.24) is 30.2 Å². The molecule has 37 heavy (non-hydrogen) atoms.